The molecule has 4 fully saturated rings. The predicted molar refractivity (Wildman–Crippen MR) is 106 cm³/mol. The highest BCUT2D eigenvalue weighted by molar-refractivity contribution is 5.68. The molecule has 0 unspecified atom stereocenters. The monoisotopic (exact) mass is 388 g/mol. The average molecular weight is 389 g/mol. The maximum Gasteiger partial charge on any atom is 0.410 e. The SMILES string of the molecule is O=C(OCc1ccccc1)N1C[C@@H]2CC[C@@H](O)[C@@H]2C1.O[C@@H]1CC[C@H]2CNC[C@H]21. The number of nitrogens with zero attached hydrogens (tertiary/aromatic N) is 1. The van der Waals surface area contributed by atoms with E-state index in [1.54, 1.807) is 4.90 Å². The lowest BCUT2D eigenvalue weighted by Crippen LogP contribution is -2.31. The molecule has 6 atom stereocenters. The van der Waals surface area contributed by atoms with E-state index < -0.39 is 0 Å². The third kappa shape index (κ3) is 4.34. The van der Waals surface area contributed by atoms with E-state index >= 15 is 0 Å². The van der Waals surface area contributed by atoms with E-state index in [2.05, 4.69) is 5.32 Å². The molecule has 6 heteroatoms. The van der Waals surface area contributed by atoms with Crippen LogP contribution in [0, 0.1) is 23.7 Å². The Labute approximate surface area is 166 Å². The fourth-order valence-electron chi connectivity index (χ4n) is 5.32. The lowest BCUT2D eigenvalue weighted by atomic mass is 10.00. The van der Waals surface area contributed by atoms with Gasteiger partial charge in [0.05, 0.1) is 12.2 Å². The Morgan fingerprint density at radius 3 is 2.39 bits per heavy atom. The summed E-state index contributed by atoms with van der Waals surface area (Å²) in [6, 6.07) is 9.68. The van der Waals surface area contributed by atoms with Crippen LogP contribution < -0.4 is 5.32 Å². The Morgan fingerprint density at radius 2 is 1.68 bits per heavy atom. The van der Waals surface area contributed by atoms with Gasteiger partial charge < -0.3 is 25.2 Å². The zero-order valence-corrected chi connectivity index (χ0v) is 16.4. The molecule has 1 aromatic rings. The highest BCUT2D eigenvalue weighted by atomic mass is 16.6. The van der Waals surface area contributed by atoms with E-state index in [4.69, 9.17) is 4.74 Å². The van der Waals surface area contributed by atoms with Crippen LogP contribution in [0.2, 0.25) is 0 Å². The van der Waals surface area contributed by atoms with E-state index in [0.29, 0.717) is 25.0 Å². The first-order chi connectivity index (χ1) is 13.6. The van der Waals surface area contributed by atoms with E-state index in [0.717, 1.165) is 50.4 Å². The van der Waals surface area contributed by atoms with Gasteiger partial charge in [-0.1, -0.05) is 30.3 Å². The minimum Gasteiger partial charge on any atom is -0.445 e. The van der Waals surface area contributed by atoms with Crippen LogP contribution in [0.3, 0.4) is 0 Å². The van der Waals surface area contributed by atoms with E-state index in [9.17, 15) is 15.0 Å². The number of benzene rings is 1. The van der Waals surface area contributed by atoms with Crippen molar-refractivity contribution in [1.29, 1.82) is 0 Å². The molecule has 2 heterocycles. The zero-order valence-electron chi connectivity index (χ0n) is 16.4. The van der Waals surface area contributed by atoms with E-state index in [1.807, 2.05) is 30.3 Å². The van der Waals surface area contributed by atoms with Crippen LogP contribution in [0.4, 0.5) is 4.79 Å². The third-order valence-corrected chi connectivity index (χ3v) is 7.00. The molecule has 0 spiro atoms. The number of ether oxygens (including phenoxy) is 1. The average Bonchev–Trinajstić information content (AvgIpc) is 3.47. The van der Waals surface area contributed by atoms with Gasteiger partial charge in [-0.3, -0.25) is 0 Å². The Hall–Kier alpha value is -1.63. The number of carbonyl (C=O) groups excluding carboxylic acids is 1. The number of hydrogen-bond donors (Lipinski definition) is 3. The Morgan fingerprint density at radius 1 is 0.964 bits per heavy atom. The maximum atomic E-state index is 12.0. The van der Waals surface area contributed by atoms with Gasteiger partial charge in [0.1, 0.15) is 6.61 Å². The molecule has 6 nitrogen and oxygen atoms in total. The number of rotatable bonds is 2. The highest BCUT2D eigenvalue weighted by Gasteiger charge is 2.43. The molecule has 2 aliphatic heterocycles. The molecule has 2 saturated carbocycles. The summed E-state index contributed by atoms with van der Waals surface area (Å²) in [6.45, 7) is 3.87. The topological polar surface area (TPSA) is 82.0 Å². The maximum absolute atomic E-state index is 12.0. The molecule has 0 bridgehead atoms. The van der Waals surface area contributed by atoms with Crippen molar-refractivity contribution in [2.24, 2.45) is 23.7 Å². The van der Waals surface area contributed by atoms with Crippen molar-refractivity contribution in [2.75, 3.05) is 26.2 Å². The van der Waals surface area contributed by atoms with Gasteiger partial charge in [-0.05, 0) is 49.6 Å². The first kappa shape index (κ1) is 19.7. The van der Waals surface area contributed by atoms with Gasteiger partial charge >= 0.3 is 6.09 Å². The van der Waals surface area contributed by atoms with Gasteiger partial charge in [-0.15, -0.1) is 0 Å². The number of fused-ring (bicyclic) bond motifs is 2. The Bertz CT molecular complexity index is 655. The molecular formula is C22H32N2O4. The minimum atomic E-state index is -0.259. The smallest absolute Gasteiger partial charge is 0.410 e. The summed E-state index contributed by atoms with van der Waals surface area (Å²) >= 11 is 0. The molecule has 0 aromatic heterocycles. The van der Waals surface area contributed by atoms with Crippen molar-refractivity contribution < 1.29 is 19.7 Å². The fraction of sp³-hybridized carbons (Fsp3) is 0.682. The van der Waals surface area contributed by atoms with Crippen LogP contribution in [0.1, 0.15) is 31.2 Å². The third-order valence-electron chi connectivity index (χ3n) is 7.00. The van der Waals surface area contributed by atoms with Gasteiger partial charge in [0.25, 0.3) is 0 Å². The van der Waals surface area contributed by atoms with Crippen LogP contribution in [0.15, 0.2) is 30.3 Å². The second-order valence-electron chi connectivity index (χ2n) is 8.74. The summed E-state index contributed by atoms with van der Waals surface area (Å²) in [5, 5.41) is 22.5. The second kappa shape index (κ2) is 8.80. The van der Waals surface area contributed by atoms with Gasteiger partial charge in [-0.2, -0.15) is 0 Å². The summed E-state index contributed by atoms with van der Waals surface area (Å²) in [6.07, 6.45) is 3.68. The molecule has 0 radical (unpaired) electrons. The standard InChI is InChI=1S/C15H19NO3.C7H13NO/c17-14-7-6-12-8-16(9-13(12)14)15(18)19-10-11-4-2-1-3-5-11;9-7-2-1-5-3-8-4-6(5)7/h1-5,12-14,17H,6-10H2;5-9H,1-4H2/t12-,13+,14+;5-,6+,7+/m00/s1. The van der Waals surface area contributed by atoms with Gasteiger partial charge in [0.2, 0.25) is 0 Å². The number of aliphatic hydroxyl groups excluding tert-OH is 2. The van der Waals surface area contributed by atoms with Gasteiger partial charge in [-0.25, -0.2) is 4.79 Å². The van der Waals surface area contributed by atoms with Crippen LogP contribution in [-0.2, 0) is 11.3 Å². The molecule has 4 aliphatic rings. The summed E-state index contributed by atoms with van der Waals surface area (Å²) < 4.78 is 5.32. The van der Waals surface area contributed by atoms with Gasteiger partial charge in [0.15, 0.2) is 0 Å². The van der Waals surface area contributed by atoms with Crippen LogP contribution >= 0.6 is 0 Å². The normalized spacial score (nSPS) is 35.9. The Balaban J connectivity index is 0.000000177. The summed E-state index contributed by atoms with van der Waals surface area (Å²) in [4.78, 5) is 13.7. The van der Waals surface area contributed by atoms with Crippen molar-refractivity contribution in [1.82, 2.24) is 10.2 Å². The molecule has 2 aliphatic carbocycles. The number of carbonyl (C=O) groups is 1. The molecule has 2 saturated heterocycles. The largest absolute Gasteiger partial charge is 0.445 e. The quantitative estimate of drug-likeness (QED) is 0.722. The van der Waals surface area contributed by atoms with E-state index in [1.165, 1.54) is 6.42 Å². The number of likely N-dealkylation sites (tertiary alicyclic amines) is 1. The minimum absolute atomic E-state index is 0.00463. The molecule has 3 N–H and O–H groups in total. The summed E-state index contributed by atoms with van der Waals surface area (Å²) in [7, 11) is 0. The predicted octanol–water partition coefficient (Wildman–Crippen LogP) is 2.00. The molecule has 1 aromatic carbocycles. The molecule has 1 amide bonds. The zero-order chi connectivity index (χ0) is 19.5. The number of nitrogens with one attached hydrogen (secondary N) is 1. The van der Waals surface area contributed by atoms with Crippen LogP contribution in [0.25, 0.3) is 0 Å². The molecule has 28 heavy (non-hydrogen) atoms. The molecule has 154 valence electrons. The number of amides is 1. The lowest BCUT2D eigenvalue weighted by Gasteiger charge is -2.18. The summed E-state index contributed by atoms with van der Waals surface area (Å²) in [5.41, 5.74) is 0.996. The lowest BCUT2D eigenvalue weighted by molar-refractivity contribution is 0.0924. The van der Waals surface area contributed by atoms with Crippen molar-refractivity contribution in [3.05, 3.63) is 35.9 Å². The first-order valence-electron chi connectivity index (χ1n) is 10.6. The van der Waals surface area contributed by atoms with Crippen LogP contribution in [0.5, 0.6) is 0 Å². The molecule has 5 rings (SSSR count). The van der Waals surface area contributed by atoms with Crippen molar-refractivity contribution in [3.8, 4) is 0 Å². The highest BCUT2D eigenvalue weighted by Crippen LogP contribution is 2.38. The van der Waals surface area contributed by atoms with E-state index in [-0.39, 0.29) is 24.2 Å². The number of hydrogen-bond acceptors (Lipinski definition) is 5. The van der Waals surface area contributed by atoms with Crippen molar-refractivity contribution >= 4 is 6.09 Å². The summed E-state index contributed by atoms with van der Waals surface area (Å²) in [5.74, 6) is 2.09. The van der Waals surface area contributed by atoms with Crippen LogP contribution in [-0.4, -0.2) is 59.6 Å². The fourth-order valence-corrected chi connectivity index (χ4v) is 5.32. The van der Waals surface area contributed by atoms with Crippen molar-refractivity contribution in [3.63, 3.8) is 0 Å². The second-order valence-corrected chi connectivity index (χ2v) is 8.74. The Kier molecular flexibility index (Phi) is 6.19. The first-order valence-corrected chi connectivity index (χ1v) is 10.6. The number of aliphatic hydroxyl groups is 2. The van der Waals surface area contributed by atoms with Gasteiger partial charge in [0, 0.05) is 31.5 Å². The van der Waals surface area contributed by atoms with Crippen molar-refractivity contribution in [2.45, 2.75) is 44.5 Å². The molecular weight excluding hydrogens is 356 g/mol.